The molecule has 2 aromatic carbocycles. The van der Waals surface area contributed by atoms with Gasteiger partial charge in [-0.05, 0) is 25.7 Å². The van der Waals surface area contributed by atoms with Gasteiger partial charge in [0.25, 0.3) is 5.91 Å². The molecule has 2 heterocycles. The first kappa shape index (κ1) is 19.4. The van der Waals surface area contributed by atoms with E-state index in [1.165, 1.54) is 6.07 Å². The van der Waals surface area contributed by atoms with E-state index in [2.05, 4.69) is 9.88 Å². The molecule has 6 nitrogen and oxygen atoms in total. The number of carbonyl (C=O) groups excluding carboxylic acids is 1. The molecular formula is C23H25N3O3. The number of nitrogens with zero attached hydrogens (tertiary/aromatic N) is 2. The van der Waals surface area contributed by atoms with E-state index in [1.54, 1.807) is 0 Å². The topological polar surface area (TPSA) is 65.6 Å². The van der Waals surface area contributed by atoms with Crippen LogP contribution in [0.3, 0.4) is 0 Å². The maximum Gasteiger partial charge on any atom is 0.255 e. The third-order valence-corrected chi connectivity index (χ3v) is 5.28. The van der Waals surface area contributed by atoms with E-state index < -0.39 is 0 Å². The molecule has 0 aliphatic carbocycles. The molecule has 0 spiro atoms. The Morgan fingerprint density at radius 3 is 2.62 bits per heavy atom. The van der Waals surface area contributed by atoms with Crippen LogP contribution in [0.25, 0.3) is 10.9 Å². The van der Waals surface area contributed by atoms with Gasteiger partial charge in [-0.3, -0.25) is 9.59 Å². The van der Waals surface area contributed by atoms with Gasteiger partial charge in [-0.15, -0.1) is 0 Å². The monoisotopic (exact) mass is 391 g/mol. The van der Waals surface area contributed by atoms with Gasteiger partial charge >= 0.3 is 0 Å². The second kappa shape index (κ2) is 8.19. The molecule has 1 saturated heterocycles. The molecule has 1 aliphatic rings. The normalized spacial score (nSPS) is 19.6. The van der Waals surface area contributed by atoms with Crippen LogP contribution in [0.5, 0.6) is 0 Å². The molecule has 150 valence electrons. The number of aromatic nitrogens is 1. The second-order valence-electron chi connectivity index (χ2n) is 7.62. The molecule has 0 saturated carbocycles. The predicted octanol–water partition coefficient (Wildman–Crippen LogP) is 2.67. The summed E-state index contributed by atoms with van der Waals surface area (Å²) < 4.78 is 6.08. The summed E-state index contributed by atoms with van der Waals surface area (Å²) in [6.07, 6.45) is -0.154. The van der Waals surface area contributed by atoms with Crippen molar-refractivity contribution >= 4 is 16.8 Å². The van der Waals surface area contributed by atoms with E-state index in [1.807, 2.05) is 73.6 Å². The van der Waals surface area contributed by atoms with Crippen molar-refractivity contribution in [2.45, 2.75) is 12.1 Å². The van der Waals surface area contributed by atoms with E-state index in [0.29, 0.717) is 30.8 Å². The number of amides is 1. The zero-order chi connectivity index (χ0) is 20.4. The van der Waals surface area contributed by atoms with Gasteiger partial charge in [-0.2, -0.15) is 0 Å². The van der Waals surface area contributed by atoms with Gasteiger partial charge in [0, 0.05) is 30.1 Å². The Kier molecular flexibility index (Phi) is 5.47. The van der Waals surface area contributed by atoms with Crippen LogP contribution in [0.2, 0.25) is 0 Å². The molecule has 1 fully saturated rings. The first-order valence-electron chi connectivity index (χ1n) is 9.79. The van der Waals surface area contributed by atoms with Crippen LogP contribution in [0.4, 0.5) is 0 Å². The lowest BCUT2D eigenvalue weighted by Gasteiger charge is -2.42. The Balaban J connectivity index is 1.79. The van der Waals surface area contributed by atoms with Crippen molar-refractivity contribution in [3.8, 4) is 0 Å². The largest absolute Gasteiger partial charge is 0.373 e. The predicted molar refractivity (Wildman–Crippen MR) is 113 cm³/mol. The van der Waals surface area contributed by atoms with Crippen LogP contribution in [-0.4, -0.2) is 60.6 Å². The van der Waals surface area contributed by atoms with Crippen LogP contribution < -0.4 is 5.56 Å². The third kappa shape index (κ3) is 3.95. The summed E-state index contributed by atoms with van der Waals surface area (Å²) in [7, 11) is 3.99. The number of morpholine rings is 1. The number of para-hydroxylation sites is 1. The molecule has 1 amide bonds. The molecule has 2 atom stereocenters. The van der Waals surface area contributed by atoms with E-state index in [0.717, 1.165) is 10.9 Å². The van der Waals surface area contributed by atoms with Crippen LogP contribution in [0.15, 0.2) is 65.5 Å². The molecule has 0 radical (unpaired) electrons. The molecule has 1 aliphatic heterocycles. The Bertz CT molecular complexity index is 1060. The minimum absolute atomic E-state index is 0.145. The summed E-state index contributed by atoms with van der Waals surface area (Å²) in [6.45, 7) is 1.64. The number of hydrogen-bond acceptors (Lipinski definition) is 4. The first-order valence-corrected chi connectivity index (χ1v) is 9.79. The molecule has 4 rings (SSSR count). The van der Waals surface area contributed by atoms with E-state index in [-0.39, 0.29) is 23.6 Å². The molecule has 6 heteroatoms. The summed E-state index contributed by atoms with van der Waals surface area (Å²) in [5.74, 6) is -0.145. The fraction of sp³-hybridized carbons (Fsp3) is 0.304. The van der Waals surface area contributed by atoms with Crippen molar-refractivity contribution < 1.29 is 9.53 Å². The number of aromatic amines is 1. The Labute approximate surface area is 169 Å². The molecule has 29 heavy (non-hydrogen) atoms. The van der Waals surface area contributed by atoms with Crippen molar-refractivity contribution in [3.63, 3.8) is 0 Å². The van der Waals surface area contributed by atoms with Crippen LogP contribution >= 0.6 is 0 Å². The number of rotatable bonds is 4. The number of pyridine rings is 1. The molecule has 0 bridgehead atoms. The number of hydrogen-bond donors (Lipinski definition) is 1. The number of H-pyrrole nitrogens is 1. The fourth-order valence-corrected chi connectivity index (χ4v) is 4.05. The highest BCUT2D eigenvalue weighted by atomic mass is 16.5. The molecular weight excluding hydrogens is 366 g/mol. The maximum absolute atomic E-state index is 13.7. The van der Waals surface area contributed by atoms with E-state index in [4.69, 9.17) is 4.74 Å². The quantitative estimate of drug-likeness (QED) is 0.743. The van der Waals surface area contributed by atoms with E-state index >= 15 is 0 Å². The van der Waals surface area contributed by atoms with Gasteiger partial charge in [-0.1, -0.05) is 48.5 Å². The SMILES string of the molecule is CN(C)C[C@@H]1OCCN(C(=O)c2cc(=O)[nH]c3ccccc23)[C@H]1c1ccccc1. The number of benzene rings is 2. The summed E-state index contributed by atoms with van der Waals surface area (Å²) in [5.41, 5.74) is 1.84. The van der Waals surface area contributed by atoms with Crippen molar-refractivity contribution in [3.05, 3.63) is 82.1 Å². The van der Waals surface area contributed by atoms with Crippen LogP contribution in [0, 0.1) is 0 Å². The van der Waals surface area contributed by atoms with Gasteiger partial charge < -0.3 is 19.5 Å². The van der Waals surface area contributed by atoms with Gasteiger partial charge in [0.15, 0.2) is 0 Å². The van der Waals surface area contributed by atoms with Gasteiger partial charge in [0.2, 0.25) is 5.56 Å². The number of carbonyl (C=O) groups is 1. The third-order valence-electron chi connectivity index (χ3n) is 5.28. The minimum Gasteiger partial charge on any atom is -0.373 e. The number of fused-ring (bicyclic) bond motifs is 1. The van der Waals surface area contributed by atoms with Crippen molar-refractivity contribution in [1.29, 1.82) is 0 Å². The summed E-state index contributed by atoms with van der Waals surface area (Å²) >= 11 is 0. The fourth-order valence-electron chi connectivity index (χ4n) is 4.05. The lowest BCUT2D eigenvalue weighted by atomic mass is 9.96. The molecule has 1 N–H and O–H groups in total. The Hall–Kier alpha value is -2.96. The smallest absolute Gasteiger partial charge is 0.255 e. The highest BCUT2D eigenvalue weighted by Crippen LogP contribution is 2.32. The van der Waals surface area contributed by atoms with Crippen LogP contribution in [-0.2, 0) is 4.74 Å². The lowest BCUT2D eigenvalue weighted by molar-refractivity contribution is -0.0684. The summed E-state index contributed by atoms with van der Waals surface area (Å²) in [5, 5.41) is 0.750. The second-order valence-corrected chi connectivity index (χ2v) is 7.62. The maximum atomic E-state index is 13.7. The van der Waals surface area contributed by atoms with E-state index in [9.17, 15) is 9.59 Å². The van der Waals surface area contributed by atoms with Gasteiger partial charge in [0.05, 0.1) is 24.3 Å². The van der Waals surface area contributed by atoms with Crippen molar-refractivity contribution in [1.82, 2.24) is 14.8 Å². The minimum atomic E-state index is -0.276. The number of likely N-dealkylation sites (N-methyl/N-ethyl adjacent to an activating group) is 1. The standard InChI is InChI=1S/C23H25N3O3/c1-25(2)15-20-22(16-8-4-3-5-9-16)26(12-13-29-20)23(28)18-14-21(27)24-19-11-7-6-10-17(18)19/h3-11,14,20,22H,12-13,15H2,1-2H3,(H,24,27)/t20-,22-/m0/s1. The van der Waals surface area contributed by atoms with Crippen molar-refractivity contribution in [2.24, 2.45) is 0 Å². The summed E-state index contributed by atoms with van der Waals surface area (Å²) in [6, 6.07) is 18.6. The average molecular weight is 391 g/mol. The number of nitrogens with one attached hydrogen (secondary N) is 1. The highest BCUT2D eigenvalue weighted by Gasteiger charge is 2.37. The molecule has 1 aromatic heterocycles. The zero-order valence-electron chi connectivity index (χ0n) is 16.7. The number of ether oxygens (including phenoxy) is 1. The highest BCUT2D eigenvalue weighted by molar-refractivity contribution is 6.06. The van der Waals surface area contributed by atoms with Crippen molar-refractivity contribution in [2.75, 3.05) is 33.8 Å². The van der Waals surface area contributed by atoms with Gasteiger partial charge in [-0.25, -0.2) is 0 Å². The van der Waals surface area contributed by atoms with Gasteiger partial charge in [0.1, 0.15) is 0 Å². The Morgan fingerprint density at radius 2 is 1.86 bits per heavy atom. The molecule has 3 aromatic rings. The average Bonchev–Trinajstić information content (AvgIpc) is 2.72. The molecule has 0 unspecified atom stereocenters. The first-order chi connectivity index (χ1) is 14.0. The zero-order valence-corrected chi connectivity index (χ0v) is 16.7. The lowest BCUT2D eigenvalue weighted by Crippen LogP contribution is -2.51. The van der Waals surface area contributed by atoms with Crippen LogP contribution in [0.1, 0.15) is 22.0 Å². The Morgan fingerprint density at radius 1 is 1.14 bits per heavy atom. The summed E-state index contributed by atoms with van der Waals surface area (Å²) in [4.78, 5) is 32.6.